The van der Waals surface area contributed by atoms with Crippen LogP contribution in [0, 0.1) is 21.4 Å². The molecule has 0 aliphatic heterocycles. The van der Waals surface area contributed by atoms with Gasteiger partial charge in [-0.25, -0.2) is 0 Å². The molecule has 0 amide bonds. The van der Waals surface area contributed by atoms with Crippen molar-refractivity contribution in [3.05, 3.63) is 51.8 Å². The van der Waals surface area contributed by atoms with Crippen molar-refractivity contribution >= 4 is 11.6 Å². The number of rotatable bonds is 4. The molecule has 1 aromatic heterocycles. The van der Waals surface area contributed by atoms with Gasteiger partial charge in [0.15, 0.2) is 0 Å². The Kier molecular flexibility index (Phi) is 3.43. The second-order valence-corrected chi connectivity index (χ2v) is 3.95. The summed E-state index contributed by atoms with van der Waals surface area (Å²) >= 11 is 0. The number of anilines is 1. The summed E-state index contributed by atoms with van der Waals surface area (Å²) in [7, 11) is 1.68. The Hall–Kier alpha value is -2.88. The fourth-order valence-electron chi connectivity index (χ4n) is 1.64. The Morgan fingerprint density at radius 3 is 2.74 bits per heavy atom. The van der Waals surface area contributed by atoms with Crippen LogP contribution < -0.4 is 5.32 Å². The first-order chi connectivity index (χ1) is 9.11. The number of benzene rings is 1. The van der Waals surface area contributed by atoms with Crippen LogP contribution in [0.15, 0.2) is 30.6 Å². The molecule has 2 aromatic rings. The molecular formula is C12H11N5O2. The summed E-state index contributed by atoms with van der Waals surface area (Å²) in [6.45, 7) is 0.423. The largest absolute Gasteiger partial charge is 0.406 e. The molecule has 0 atom stereocenters. The zero-order valence-electron chi connectivity index (χ0n) is 10.2. The lowest BCUT2D eigenvalue weighted by molar-refractivity contribution is -0.388. The van der Waals surface area contributed by atoms with E-state index in [9.17, 15) is 10.1 Å². The van der Waals surface area contributed by atoms with Crippen LogP contribution in [-0.4, -0.2) is 14.5 Å². The zero-order valence-corrected chi connectivity index (χ0v) is 10.2. The number of aryl methyl sites for hydroxylation is 1. The number of imidazole rings is 1. The summed E-state index contributed by atoms with van der Waals surface area (Å²) in [6.07, 6.45) is 1.39. The topological polar surface area (TPSA) is 96.8 Å². The van der Waals surface area contributed by atoms with Gasteiger partial charge in [0, 0.05) is 13.6 Å². The number of nitrogens with zero attached hydrogens (tertiary/aromatic N) is 4. The molecule has 0 spiro atoms. The van der Waals surface area contributed by atoms with E-state index in [0.29, 0.717) is 17.9 Å². The third-order valence-corrected chi connectivity index (χ3v) is 2.63. The van der Waals surface area contributed by atoms with Crippen molar-refractivity contribution in [2.75, 3.05) is 5.32 Å². The van der Waals surface area contributed by atoms with Gasteiger partial charge in [-0.15, -0.1) is 0 Å². The summed E-state index contributed by atoms with van der Waals surface area (Å²) < 4.78 is 1.56. The third kappa shape index (κ3) is 2.69. The van der Waals surface area contributed by atoms with E-state index in [1.54, 1.807) is 35.9 Å². The summed E-state index contributed by atoms with van der Waals surface area (Å²) in [5, 5.41) is 22.4. The van der Waals surface area contributed by atoms with Crippen LogP contribution >= 0.6 is 0 Å². The van der Waals surface area contributed by atoms with Crippen LogP contribution in [0.3, 0.4) is 0 Å². The molecule has 0 aliphatic rings. The van der Waals surface area contributed by atoms with Gasteiger partial charge in [0.2, 0.25) is 12.1 Å². The highest BCUT2D eigenvalue weighted by Crippen LogP contribution is 2.21. The summed E-state index contributed by atoms with van der Waals surface area (Å²) in [4.78, 5) is 14.0. The number of nitriles is 1. The second kappa shape index (κ2) is 5.18. The molecule has 19 heavy (non-hydrogen) atoms. The maximum absolute atomic E-state index is 10.8. The number of nitro groups is 1. The lowest BCUT2D eigenvalue weighted by atomic mass is 10.1. The highest BCUT2D eigenvalue weighted by atomic mass is 16.6. The molecule has 0 fully saturated rings. The minimum atomic E-state index is -0.527. The van der Waals surface area contributed by atoms with Gasteiger partial charge in [-0.2, -0.15) is 5.26 Å². The van der Waals surface area contributed by atoms with Gasteiger partial charge in [0.1, 0.15) is 0 Å². The molecule has 0 aliphatic carbocycles. The zero-order chi connectivity index (χ0) is 13.8. The number of aromatic nitrogens is 2. The van der Waals surface area contributed by atoms with E-state index in [-0.39, 0.29) is 5.82 Å². The maximum atomic E-state index is 10.8. The van der Waals surface area contributed by atoms with Gasteiger partial charge in [-0.05, 0) is 27.6 Å². The van der Waals surface area contributed by atoms with E-state index in [4.69, 9.17) is 5.26 Å². The van der Waals surface area contributed by atoms with Crippen molar-refractivity contribution < 1.29 is 4.92 Å². The number of hydrogen-bond acceptors (Lipinski definition) is 5. The predicted molar refractivity (Wildman–Crippen MR) is 68.3 cm³/mol. The Morgan fingerprint density at radius 1 is 1.47 bits per heavy atom. The van der Waals surface area contributed by atoms with E-state index in [0.717, 1.165) is 5.56 Å². The van der Waals surface area contributed by atoms with Gasteiger partial charge in [0.05, 0.1) is 11.6 Å². The Labute approximate surface area is 109 Å². The van der Waals surface area contributed by atoms with E-state index >= 15 is 0 Å². The van der Waals surface area contributed by atoms with Crippen LogP contribution in [0.2, 0.25) is 0 Å². The van der Waals surface area contributed by atoms with Crippen molar-refractivity contribution in [1.82, 2.24) is 9.55 Å². The molecule has 0 radical (unpaired) electrons. The lowest BCUT2D eigenvalue weighted by Crippen LogP contribution is -2.05. The minimum absolute atomic E-state index is 0.198. The first-order valence-corrected chi connectivity index (χ1v) is 5.50. The quantitative estimate of drug-likeness (QED) is 0.665. The highest BCUT2D eigenvalue weighted by molar-refractivity contribution is 5.52. The third-order valence-electron chi connectivity index (χ3n) is 2.63. The Bertz CT molecular complexity index is 639. The average Bonchev–Trinajstić information content (AvgIpc) is 2.78. The van der Waals surface area contributed by atoms with Gasteiger partial charge >= 0.3 is 5.82 Å². The molecule has 0 saturated heterocycles. The van der Waals surface area contributed by atoms with E-state index in [2.05, 4.69) is 10.3 Å². The van der Waals surface area contributed by atoms with Gasteiger partial charge in [-0.1, -0.05) is 12.1 Å². The Morgan fingerprint density at radius 2 is 2.16 bits per heavy atom. The normalized spacial score (nSPS) is 9.89. The fraction of sp³-hybridized carbons (Fsp3) is 0.167. The molecular weight excluding hydrogens is 246 g/mol. The summed E-state index contributed by atoms with van der Waals surface area (Å²) in [5.74, 6) is 0.158. The monoisotopic (exact) mass is 257 g/mol. The van der Waals surface area contributed by atoms with Gasteiger partial charge in [0.25, 0.3) is 0 Å². The molecule has 7 nitrogen and oxygen atoms in total. The van der Waals surface area contributed by atoms with Crippen LogP contribution in [0.5, 0.6) is 0 Å². The Balaban J connectivity index is 2.12. The lowest BCUT2D eigenvalue weighted by Gasteiger charge is -2.06. The van der Waals surface area contributed by atoms with Crippen LogP contribution in [0.25, 0.3) is 0 Å². The van der Waals surface area contributed by atoms with Crippen molar-refractivity contribution in [2.45, 2.75) is 6.54 Å². The van der Waals surface area contributed by atoms with Crippen LogP contribution in [0.1, 0.15) is 11.1 Å². The molecule has 0 saturated carbocycles. The standard InChI is InChI=1S/C12H11N5O2/c1-16-8-15-12(17(18)19)11(16)14-7-10-4-2-9(6-13)3-5-10/h2-5,8,14H,7H2,1H3. The van der Waals surface area contributed by atoms with E-state index < -0.39 is 4.92 Å². The molecule has 96 valence electrons. The highest BCUT2D eigenvalue weighted by Gasteiger charge is 2.19. The van der Waals surface area contributed by atoms with Gasteiger partial charge in [-0.3, -0.25) is 4.57 Å². The predicted octanol–water partition coefficient (Wildman–Crippen LogP) is 1.81. The van der Waals surface area contributed by atoms with Crippen LogP contribution in [0.4, 0.5) is 11.6 Å². The SMILES string of the molecule is Cn1cnc([N+](=O)[O-])c1NCc1ccc(C#N)cc1. The van der Waals surface area contributed by atoms with Crippen molar-refractivity contribution in [3.8, 4) is 6.07 Å². The van der Waals surface area contributed by atoms with Crippen LogP contribution in [-0.2, 0) is 13.6 Å². The average molecular weight is 257 g/mol. The first-order valence-electron chi connectivity index (χ1n) is 5.50. The van der Waals surface area contributed by atoms with E-state index in [1.165, 1.54) is 6.33 Å². The second-order valence-electron chi connectivity index (χ2n) is 3.95. The van der Waals surface area contributed by atoms with E-state index in [1.807, 2.05) is 6.07 Å². The molecule has 7 heteroatoms. The van der Waals surface area contributed by atoms with Gasteiger partial charge < -0.3 is 15.4 Å². The summed E-state index contributed by atoms with van der Waals surface area (Å²) in [6, 6.07) is 9.04. The van der Waals surface area contributed by atoms with Crippen molar-refractivity contribution in [2.24, 2.45) is 7.05 Å². The molecule has 0 unspecified atom stereocenters. The minimum Gasteiger partial charge on any atom is -0.360 e. The molecule has 2 rings (SSSR count). The number of hydrogen-bond donors (Lipinski definition) is 1. The maximum Gasteiger partial charge on any atom is 0.406 e. The fourth-order valence-corrected chi connectivity index (χ4v) is 1.64. The molecule has 1 heterocycles. The first kappa shape index (κ1) is 12.6. The summed E-state index contributed by atoms with van der Waals surface area (Å²) in [5.41, 5.74) is 1.50. The molecule has 1 N–H and O–H groups in total. The van der Waals surface area contributed by atoms with Crippen molar-refractivity contribution in [3.63, 3.8) is 0 Å². The number of nitrogens with one attached hydrogen (secondary N) is 1. The molecule has 0 bridgehead atoms. The smallest absolute Gasteiger partial charge is 0.360 e. The van der Waals surface area contributed by atoms with Crippen molar-refractivity contribution in [1.29, 1.82) is 5.26 Å². The molecule has 1 aromatic carbocycles.